The van der Waals surface area contributed by atoms with Crippen molar-refractivity contribution in [1.29, 1.82) is 0 Å². The molecule has 0 atom stereocenters. The van der Waals surface area contributed by atoms with Crippen LogP contribution >= 0.6 is 0 Å². The van der Waals surface area contributed by atoms with E-state index in [2.05, 4.69) is 5.16 Å². The lowest BCUT2D eigenvalue weighted by molar-refractivity contribution is -0.137. The molecule has 3 nitrogen and oxygen atoms in total. The van der Waals surface area contributed by atoms with Crippen LogP contribution in [0.3, 0.4) is 0 Å². The van der Waals surface area contributed by atoms with E-state index in [9.17, 15) is 13.2 Å². The minimum Gasteiger partial charge on any atom is -0.359 e. The van der Waals surface area contributed by atoms with Gasteiger partial charge in [0.25, 0.3) is 0 Å². The zero-order valence-corrected chi connectivity index (χ0v) is 8.66. The van der Waals surface area contributed by atoms with Crippen LogP contribution in [0.25, 0.3) is 11.1 Å². The largest absolute Gasteiger partial charge is 0.416 e. The Hall–Kier alpha value is -1.82. The molecule has 0 saturated heterocycles. The summed E-state index contributed by atoms with van der Waals surface area (Å²) in [6.07, 6.45) is -3.01. The highest BCUT2D eigenvalue weighted by molar-refractivity contribution is 5.65. The zero-order chi connectivity index (χ0) is 12.5. The maximum Gasteiger partial charge on any atom is 0.416 e. The van der Waals surface area contributed by atoms with Crippen molar-refractivity contribution >= 4 is 0 Å². The van der Waals surface area contributed by atoms with Crippen LogP contribution in [-0.4, -0.2) is 5.16 Å². The van der Waals surface area contributed by atoms with E-state index in [1.807, 2.05) is 0 Å². The van der Waals surface area contributed by atoms with Gasteiger partial charge in [0.05, 0.1) is 18.3 Å². The van der Waals surface area contributed by atoms with E-state index in [1.54, 1.807) is 6.07 Å². The van der Waals surface area contributed by atoms with Gasteiger partial charge in [-0.25, -0.2) is 0 Å². The monoisotopic (exact) mass is 242 g/mol. The van der Waals surface area contributed by atoms with Crippen molar-refractivity contribution in [2.45, 2.75) is 12.7 Å². The number of aromatic nitrogens is 1. The van der Waals surface area contributed by atoms with Gasteiger partial charge in [-0.15, -0.1) is 0 Å². The topological polar surface area (TPSA) is 52.0 Å². The molecule has 0 saturated carbocycles. The van der Waals surface area contributed by atoms with E-state index >= 15 is 0 Å². The number of nitrogens with zero attached hydrogens (tertiary/aromatic N) is 1. The Labute approximate surface area is 95.0 Å². The van der Waals surface area contributed by atoms with Gasteiger partial charge in [0.1, 0.15) is 0 Å². The first-order chi connectivity index (χ1) is 8.02. The van der Waals surface area contributed by atoms with Crippen LogP contribution < -0.4 is 5.73 Å². The van der Waals surface area contributed by atoms with Crippen molar-refractivity contribution < 1.29 is 17.7 Å². The lowest BCUT2D eigenvalue weighted by Crippen LogP contribution is -2.04. The maximum absolute atomic E-state index is 12.5. The van der Waals surface area contributed by atoms with Gasteiger partial charge in [-0.2, -0.15) is 13.2 Å². The van der Waals surface area contributed by atoms with Gasteiger partial charge in [0, 0.05) is 5.56 Å². The maximum atomic E-state index is 12.5. The predicted molar refractivity (Wildman–Crippen MR) is 54.8 cm³/mol. The highest BCUT2D eigenvalue weighted by Gasteiger charge is 2.30. The smallest absolute Gasteiger partial charge is 0.359 e. The molecule has 1 heterocycles. The van der Waals surface area contributed by atoms with Gasteiger partial charge >= 0.3 is 6.18 Å². The van der Waals surface area contributed by atoms with Gasteiger partial charge in [0.2, 0.25) is 0 Å². The Bertz CT molecular complexity index is 519. The minimum absolute atomic E-state index is 0.0889. The molecule has 0 aliphatic heterocycles. The first-order valence-corrected chi connectivity index (χ1v) is 4.83. The van der Waals surface area contributed by atoms with Gasteiger partial charge in [-0.05, 0) is 17.7 Å². The Morgan fingerprint density at radius 1 is 1.29 bits per heavy atom. The number of hydrogen-bond donors (Lipinski definition) is 1. The molecule has 2 rings (SSSR count). The summed E-state index contributed by atoms with van der Waals surface area (Å²) >= 11 is 0. The van der Waals surface area contributed by atoms with Gasteiger partial charge in [-0.3, -0.25) is 0 Å². The molecule has 2 aromatic rings. The molecule has 0 aliphatic rings. The van der Waals surface area contributed by atoms with E-state index in [4.69, 9.17) is 10.3 Å². The standard InChI is InChI=1S/C11H9F3N2O/c12-11(13,14)8-3-1-2-7(4-8)9-6-16-17-10(9)5-15/h1-4,6H,5,15H2. The van der Waals surface area contributed by atoms with Crippen LogP contribution in [0.1, 0.15) is 11.3 Å². The summed E-state index contributed by atoms with van der Waals surface area (Å²) in [5.41, 5.74) is 5.57. The van der Waals surface area contributed by atoms with Crippen molar-refractivity contribution in [3.8, 4) is 11.1 Å². The molecule has 0 radical (unpaired) electrons. The molecule has 1 aromatic heterocycles. The minimum atomic E-state index is -4.37. The second-order valence-electron chi connectivity index (χ2n) is 3.45. The van der Waals surface area contributed by atoms with Crippen LogP contribution in [-0.2, 0) is 12.7 Å². The molecule has 17 heavy (non-hydrogen) atoms. The first kappa shape index (κ1) is 11.7. The van der Waals surface area contributed by atoms with E-state index in [0.29, 0.717) is 16.9 Å². The van der Waals surface area contributed by atoms with Crippen LogP contribution in [0.5, 0.6) is 0 Å². The summed E-state index contributed by atoms with van der Waals surface area (Å²) in [7, 11) is 0. The number of benzene rings is 1. The Balaban J connectivity index is 2.47. The SMILES string of the molecule is NCc1oncc1-c1cccc(C(F)(F)F)c1. The van der Waals surface area contributed by atoms with Gasteiger partial charge in [0.15, 0.2) is 5.76 Å². The van der Waals surface area contributed by atoms with E-state index in [1.165, 1.54) is 12.3 Å². The van der Waals surface area contributed by atoms with Crippen LogP contribution in [0.15, 0.2) is 35.0 Å². The fourth-order valence-corrected chi connectivity index (χ4v) is 1.51. The highest BCUT2D eigenvalue weighted by Crippen LogP contribution is 2.32. The van der Waals surface area contributed by atoms with Crippen LogP contribution in [0.2, 0.25) is 0 Å². The summed E-state index contributed by atoms with van der Waals surface area (Å²) in [6, 6.07) is 4.96. The first-order valence-electron chi connectivity index (χ1n) is 4.83. The molecular formula is C11H9F3N2O. The molecule has 0 fully saturated rings. The summed E-state index contributed by atoms with van der Waals surface area (Å²) in [5.74, 6) is 0.365. The average Bonchev–Trinajstić information content (AvgIpc) is 2.76. The highest BCUT2D eigenvalue weighted by atomic mass is 19.4. The van der Waals surface area contributed by atoms with Crippen molar-refractivity contribution in [2.75, 3.05) is 0 Å². The average molecular weight is 242 g/mol. The number of hydrogen-bond acceptors (Lipinski definition) is 3. The van der Waals surface area contributed by atoms with E-state index in [0.717, 1.165) is 12.1 Å². The zero-order valence-electron chi connectivity index (χ0n) is 8.66. The summed E-state index contributed by atoms with van der Waals surface area (Å²) < 4.78 is 42.4. The van der Waals surface area contributed by atoms with Crippen molar-refractivity contribution in [3.63, 3.8) is 0 Å². The van der Waals surface area contributed by atoms with E-state index < -0.39 is 11.7 Å². The second-order valence-corrected chi connectivity index (χ2v) is 3.45. The molecule has 6 heteroatoms. The summed E-state index contributed by atoms with van der Waals surface area (Å²) in [5, 5.41) is 3.52. The molecule has 0 spiro atoms. The molecule has 0 amide bonds. The van der Waals surface area contributed by atoms with Crippen LogP contribution in [0, 0.1) is 0 Å². The van der Waals surface area contributed by atoms with Crippen molar-refractivity contribution in [3.05, 3.63) is 41.8 Å². The van der Waals surface area contributed by atoms with Crippen LogP contribution in [0.4, 0.5) is 13.2 Å². The van der Waals surface area contributed by atoms with Gasteiger partial charge in [-0.1, -0.05) is 17.3 Å². The molecule has 0 aliphatic carbocycles. The Kier molecular flexibility index (Phi) is 2.89. The third kappa shape index (κ3) is 2.31. The lowest BCUT2D eigenvalue weighted by Gasteiger charge is -2.08. The van der Waals surface area contributed by atoms with E-state index in [-0.39, 0.29) is 6.54 Å². The molecule has 90 valence electrons. The lowest BCUT2D eigenvalue weighted by atomic mass is 10.0. The molecule has 0 unspecified atom stereocenters. The quantitative estimate of drug-likeness (QED) is 0.880. The predicted octanol–water partition coefficient (Wildman–Crippen LogP) is 2.82. The molecule has 2 N–H and O–H groups in total. The van der Waals surface area contributed by atoms with Crippen molar-refractivity contribution in [2.24, 2.45) is 5.73 Å². The second kappa shape index (κ2) is 4.21. The molecule has 1 aromatic carbocycles. The fraction of sp³-hybridized carbons (Fsp3) is 0.182. The number of alkyl halides is 3. The third-order valence-corrected chi connectivity index (χ3v) is 2.33. The fourth-order valence-electron chi connectivity index (χ4n) is 1.51. The Morgan fingerprint density at radius 2 is 2.06 bits per heavy atom. The molecular weight excluding hydrogens is 233 g/mol. The summed E-state index contributed by atoms with van der Waals surface area (Å²) in [4.78, 5) is 0. The third-order valence-electron chi connectivity index (χ3n) is 2.33. The normalized spacial score (nSPS) is 11.8. The number of nitrogens with two attached hydrogens (primary N) is 1. The number of halogens is 3. The Morgan fingerprint density at radius 3 is 2.71 bits per heavy atom. The van der Waals surface area contributed by atoms with Gasteiger partial charge < -0.3 is 10.3 Å². The summed E-state index contributed by atoms with van der Waals surface area (Å²) in [6.45, 7) is 0.0889. The van der Waals surface area contributed by atoms with Crippen molar-refractivity contribution in [1.82, 2.24) is 5.16 Å². The molecule has 0 bridgehead atoms. The number of rotatable bonds is 2.